The number of hydrogen-bond acceptors (Lipinski definition) is 1. The standard InChI is InChI=1S/C9H13N/c1-2-4-9-5-8(3-1)6-10-7-9/h1,3,5,8,10H,2,4,6-7H2. The first-order valence-corrected chi connectivity index (χ1v) is 4.02. The minimum absolute atomic E-state index is 0.686. The second-order valence-electron chi connectivity index (χ2n) is 3.09. The van der Waals surface area contributed by atoms with Crippen molar-refractivity contribution in [3.05, 3.63) is 23.8 Å². The van der Waals surface area contributed by atoms with Gasteiger partial charge < -0.3 is 5.32 Å². The van der Waals surface area contributed by atoms with Gasteiger partial charge in [0.2, 0.25) is 0 Å². The highest BCUT2D eigenvalue weighted by molar-refractivity contribution is 5.18. The number of rotatable bonds is 0. The Balaban J connectivity index is 2.20. The molecule has 54 valence electrons. The fourth-order valence-electron chi connectivity index (χ4n) is 1.66. The summed E-state index contributed by atoms with van der Waals surface area (Å²) >= 11 is 0. The van der Waals surface area contributed by atoms with Crippen LogP contribution in [0.1, 0.15) is 12.8 Å². The van der Waals surface area contributed by atoms with E-state index in [0.29, 0.717) is 5.92 Å². The molecule has 0 radical (unpaired) electrons. The summed E-state index contributed by atoms with van der Waals surface area (Å²) in [7, 11) is 0. The van der Waals surface area contributed by atoms with Crippen LogP contribution >= 0.6 is 0 Å². The monoisotopic (exact) mass is 135 g/mol. The van der Waals surface area contributed by atoms with Crippen LogP contribution in [-0.2, 0) is 0 Å². The molecule has 0 aromatic heterocycles. The van der Waals surface area contributed by atoms with Gasteiger partial charge in [-0.1, -0.05) is 23.8 Å². The van der Waals surface area contributed by atoms with E-state index in [-0.39, 0.29) is 0 Å². The second kappa shape index (κ2) is 2.59. The molecule has 1 atom stereocenters. The van der Waals surface area contributed by atoms with Gasteiger partial charge in [-0.25, -0.2) is 0 Å². The molecule has 1 heterocycles. The van der Waals surface area contributed by atoms with Crippen LogP contribution in [0.2, 0.25) is 0 Å². The van der Waals surface area contributed by atoms with Crippen molar-refractivity contribution in [1.29, 1.82) is 0 Å². The van der Waals surface area contributed by atoms with Crippen molar-refractivity contribution in [3.8, 4) is 0 Å². The third kappa shape index (κ3) is 1.14. The van der Waals surface area contributed by atoms with E-state index in [4.69, 9.17) is 0 Å². The normalized spacial score (nSPS) is 31.2. The maximum atomic E-state index is 3.41. The molecular weight excluding hydrogens is 122 g/mol. The molecule has 0 spiro atoms. The molecule has 0 aromatic rings. The summed E-state index contributed by atoms with van der Waals surface area (Å²) in [4.78, 5) is 0. The van der Waals surface area contributed by atoms with Gasteiger partial charge in [0, 0.05) is 19.0 Å². The quantitative estimate of drug-likeness (QED) is 0.496. The van der Waals surface area contributed by atoms with Gasteiger partial charge in [-0.2, -0.15) is 0 Å². The molecule has 1 N–H and O–H groups in total. The Kier molecular flexibility index (Phi) is 1.60. The summed E-state index contributed by atoms with van der Waals surface area (Å²) < 4.78 is 0. The number of hydrogen-bond donors (Lipinski definition) is 1. The molecule has 2 bridgehead atoms. The van der Waals surface area contributed by atoms with Gasteiger partial charge in [0.25, 0.3) is 0 Å². The molecular formula is C9H13N. The Morgan fingerprint density at radius 3 is 3.50 bits per heavy atom. The maximum Gasteiger partial charge on any atom is 0.0165 e. The van der Waals surface area contributed by atoms with Crippen LogP contribution in [0.15, 0.2) is 23.8 Å². The second-order valence-corrected chi connectivity index (χ2v) is 3.09. The highest BCUT2D eigenvalue weighted by Gasteiger charge is 2.11. The molecule has 1 unspecified atom stereocenters. The summed E-state index contributed by atoms with van der Waals surface area (Å²) in [6, 6.07) is 0. The van der Waals surface area contributed by atoms with E-state index in [1.54, 1.807) is 5.57 Å². The largest absolute Gasteiger partial charge is 0.312 e. The van der Waals surface area contributed by atoms with Crippen molar-refractivity contribution in [2.24, 2.45) is 5.92 Å². The van der Waals surface area contributed by atoms with Crippen molar-refractivity contribution in [2.75, 3.05) is 13.1 Å². The van der Waals surface area contributed by atoms with Crippen LogP contribution in [0.5, 0.6) is 0 Å². The van der Waals surface area contributed by atoms with Gasteiger partial charge in [-0.15, -0.1) is 0 Å². The highest BCUT2D eigenvalue weighted by atomic mass is 14.9. The van der Waals surface area contributed by atoms with E-state index in [9.17, 15) is 0 Å². The predicted molar refractivity (Wildman–Crippen MR) is 42.8 cm³/mol. The minimum Gasteiger partial charge on any atom is -0.312 e. The molecule has 0 saturated carbocycles. The Bertz CT molecular complexity index is 179. The highest BCUT2D eigenvalue weighted by Crippen LogP contribution is 2.18. The van der Waals surface area contributed by atoms with Crippen molar-refractivity contribution >= 4 is 0 Å². The average Bonchev–Trinajstić information content (AvgIpc) is 2.12. The van der Waals surface area contributed by atoms with Gasteiger partial charge in [-0.3, -0.25) is 0 Å². The maximum absolute atomic E-state index is 3.41. The zero-order chi connectivity index (χ0) is 6.81. The van der Waals surface area contributed by atoms with Gasteiger partial charge in [0.1, 0.15) is 0 Å². The van der Waals surface area contributed by atoms with Gasteiger partial charge in [0.05, 0.1) is 0 Å². The van der Waals surface area contributed by atoms with Crippen LogP contribution in [0.3, 0.4) is 0 Å². The predicted octanol–water partition coefficient (Wildman–Crippen LogP) is 1.48. The molecule has 0 saturated heterocycles. The first-order valence-electron chi connectivity index (χ1n) is 4.02. The summed E-state index contributed by atoms with van der Waals surface area (Å²) in [6.45, 7) is 2.26. The summed E-state index contributed by atoms with van der Waals surface area (Å²) in [5, 5.41) is 3.41. The van der Waals surface area contributed by atoms with Gasteiger partial charge in [-0.05, 0) is 12.8 Å². The third-order valence-corrected chi connectivity index (χ3v) is 2.20. The molecule has 0 aromatic carbocycles. The Morgan fingerprint density at radius 2 is 2.50 bits per heavy atom. The molecule has 1 nitrogen and oxygen atoms in total. The van der Waals surface area contributed by atoms with Crippen molar-refractivity contribution in [2.45, 2.75) is 12.8 Å². The topological polar surface area (TPSA) is 12.0 Å². The fourth-order valence-corrected chi connectivity index (χ4v) is 1.66. The molecule has 1 aliphatic heterocycles. The zero-order valence-corrected chi connectivity index (χ0v) is 6.14. The average molecular weight is 135 g/mol. The summed E-state index contributed by atoms with van der Waals surface area (Å²) in [5.41, 5.74) is 1.60. The van der Waals surface area contributed by atoms with Crippen LogP contribution in [0, 0.1) is 5.92 Å². The summed E-state index contributed by atoms with van der Waals surface area (Å²) in [6.07, 6.45) is 9.55. The van der Waals surface area contributed by atoms with E-state index < -0.39 is 0 Å². The van der Waals surface area contributed by atoms with E-state index in [2.05, 4.69) is 23.5 Å². The number of allylic oxidation sites excluding steroid dienone is 1. The Labute approximate surface area is 61.8 Å². The lowest BCUT2D eigenvalue weighted by molar-refractivity contribution is 0.617. The Hall–Kier alpha value is -0.560. The molecule has 1 heteroatoms. The van der Waals surface area contributed by atoms with Crippen LogP contribution in [0.4, 0.5) is 0 Å². The van der Waals surface area contributed by atoms with E-state index in [1.165, 1.54) is 12.8 Å². The van der Waals surface area contributed by atoms with Gasteiger partial charge >= 0.3 is 0 Å². The fraction of sp³-hybridized carbons (Fsp3) is 0.556. The summed E-state index contributed by atoms with van der Waals surface area (Å²) in [5.74, 6) is 0.686. The van der Waals surface area contributed by atoms with Crippen LogP contribution < -0.4 is 5.32 Å². The van der Waals surface area contributed by atoms with E-state index >= 15 is 0 Å². The SMILES string of the molecule is C1=CC2C=C(CC1)CNC2. The van der Waals surface area contributed by atoms with Crippen molar-refractivity contribution in [3.63, 3.8) is 0 Å². The molecule has 10 heavy (non-hydrogen) atoms. The van der Waals surface area contributed by atoms with E-state index in [1.807, 2.05) is 0 Å². The number of nitrogens with one attached hydrogen (secondary N) is 1. The van der Waals surface area contributed by atoms with Crippen LogP contribution in [0.25, 0.3) is 0 Å². The van der Waals surface area contributed by atoms with Gasteiger partial charge in [0.15, 0.2) is 0 Å². The lowest BCUT2D eigenvalue weighted by Crippen LogP contribution is -2.27. The zero-order valence-electron chi connectivity index (χ0n) is 6.14. The minimum atomic E-state index is 0.686. The smallest absolute Gasteiger partial charge is 0.0165 e. The molecule has 0 fully saturated rings. The van der Waals surface area contributed by atoms with Crippen LogP contribution in [-0.4, -0.2) is 13.1 Å². The number of fused-ring (bicyclic) bond motifs is 1. The Morgan fingerprint density at radius 1 is 1.50 bits per heavy atom. The molecule has 1 aliphatic carbocycles. The lowest BCUT2D eigenvalue weighted by atomic mass is 10.0. The van der Waals surface area contributed by atoms with Crippen molar-refractivity contribution < 1.29 is 0 Å². The lowest BCUT2D eigenvalue weighted by Gasteiger charge is -2.17. The first-order chi connectivity index (χ1) is 4.95. The third-order valence-electron chi connectivity index (χ3n) is 2.20. The molecule has 2 aliphatic rings. The molecule has 0 amide bonds. The first kappa shape index (κ1) is 6.17. The van der Waals surface area contributed by atoms with E-state index in [0.717, 1.165) is 13.1 Å². The van der Waals surface area contributed by atoms with Crippen molar-refractivity contribution in [1.82, 2.24) is 5.32 Å². The molecule has 2 rings (SSSR count).